The van der Waals surface area contributed by atoms with E-state index in [1.165, 1.54) is 12.1 Å². The van der Waals surface area contributed by atoms with Gasteiger partial charge in [-0.2, -0.15) is 0 Å². The lowest BCUT2D eigenvalue weighted by molar-refractivity contribution is 0.252. The molecule has 0 fully saturated rings. The fraction of sp³-hybridized carbons (Fsp3) is 0.294. The predicted octanol–water partition coefficient (Wildman–Crippen LogP) is 4.16. The number of halogens is 2. The lowest BCUT2D eigenvalue weighted by atomic mass is 10.1. The number of amides is 2. The van der Waals surface area contributed by atoms with E-state index >= 15 is 0 Å². The number of urea groups is 1. The minimum absolute atomic E-state index is 0.212. The Hall–Kier alpha value is -2.18. The minimum Gasteiger partial charge on any atom is -0.493 e. The summed E-state index contributed by atoms with van der Waals surface area (Å²) in [5.41, 5.74) is 1.50. The number of pyridine rings is 1. The smallest absolute Gasteiger partial charge is 0.319 e. The van der Waals surface area contributed by atoms with Crippen molar-refractivity contribution in [3.8, 4) is 11.5 Å². The fourth-order valence-electron chi connectivity index (χ4n) is 2.17. The summed E-state index contributed by atoms with van der Waals surface area (Å²) < 4.78 is 10.8. The van der Waals surface area contributed by atoms with Gasteiger partial charge in [0.25, 0.3) is 0 Å². The van der Waals surface area contributed by atoms with Crippen LogP contribution in [0, 0.1) is 0 Å². The molecule has 0 atom stereocenters. The molecule has 1 aromatic heterocycles. The third kappa shape index (κ3) is 5.99. The first-order valence-electron chi connectivity index (χ1n) is 7.69. The second-order valence-corrected chi connectivity index (χ2v) is 5.82. The topological polar surface area (TPSA) is 72.5 Å². The number of benzene rings is 1. The predicted molar refractivity (Wildman–Crippen MR) is 99.1 cm³/mol. The van der Waals surface area contributed by atoms with E-state index in [0.717, 1.165) is 5.56 Å². The largest absolute Gasteiger partial charge is 0.493 e. The van der Waals surface area contributed by atoms with E-state index in [-0.39, 0.29) is 16.3 Å². The van der Waals surface area contributed by atoms with Crippen molar-refractivity contribution in [1.29, 1.82) is 0 Å². The van der Waals surface area contributed by atoms with Crippen molar-refractivity contribution >= 4 is 34.9 Å². The summed E-state index contributed by atoms with van der Waals surface area (Å²) in [7, 11) is 1.60. The first-order chi connectivity index (χ1) is 12.0. The Balaban J connectivity index is 1.86. The molecule has 2 N–H and O–H groups in total. The zero-order valence-corrected chi connectivity index (χ0v) is 15.4. The lowest BCUT2D eigenvalue weighted by Gasteiger charge is -2.11. The summed E-state index contributed by atoms with van der Waals surface area (Å²) in [5, 5.41) is 5.85. The van der Waals surface area contributed by atoms with Crippen LogP contribution in [-0.4, -0.2) is 31.3 Å². The van der Waals surface area contributed by atoms with Crippen LogP contribution < -0.4 is 20.1 Å². The maximum absolute atomic E-state index is 11.9. The Bertz CT molecular complexity index is 721. The summed E-state index contributed by atoms with van der Waals surface area (Å²) in [5.74, 6) is 1.37. The highest BCUT2D eigenvalue weighted by molar-refractivity contribution is 6.32. The molecule has 0 aliphatic carbocycles. The number of hydrogen-bond acceptors (Lipinski definition) is 4. The van der Waals surface area contributed by atoms with Crippen molar-refractivity contribution in [1.82, 2.24) is 10.3 Å². The van der Waals surface area contributed by atoms with Gasteiger partial charge in [0.2, 0.25) is 0 Å². The van der Waals surface area contributed by atoms with Crippen molar-refractivity contribution in [2.75, 3.05) is 25.6 Å². The van der Waals surface area contributed by atoms with Crippen molar-refractivity contribution < 1.29 is 14.3 Å². The third-order valence-corrected chi connectivity index (χ3v) is 3.64. The maximum atomic E-state index is 11.9. The third-order valence-electron chi connectivity index (χ3n) is 3.25. The average molecular weight is 384 g/mol. The van der Waals surface area contributed by atoms with Gasteiger partial charge in [-0.15, -0.1) is 0 Å². The van der Waals surface area contributed by atoms with Gasteiger partial charge >= 0.3 is 6.03 Å². The summed E-state index contributed by atoms with van der Waals surface area (Å²) in [6.07, 6.45) is 0.647. The second kappa shape index (κ2) is 9.34. The van der Waals surface area contributed by atoms with Gasteiger partial charge in [-0.1, -0.05) is 29.3 Å². The molecule has 0 spiro atoms. The van der Waals surface area contributed by atoms with Crippen molar-refractivity contribution in [2.45, 2.75) is 13.3 Å². The van der Waals surface area contributed by atoms with E-state index in [4.69, 9.17) is 32.7 Å². The number of hydrogen-bond donors (Lipinski definition) is 2. The number of nitrogens with zero attached hydrogens (tertiary/aromatic N) is 1. The Morgan fingerprint density at radius 3 is 2.52 bits per heavy atom. The van der Waals surface area contributed by atoms with Crippen molar-refractivity contribution in [3.05, 3.63) is 46.2 Å². The fourth-order valence-corrected chi connectivity index (χ4v) is 2.64. The normalized spacial score (nSPS) is 10.2. The number of rotatable bonds is 7. The molecule has 2 aromatic rings. The molecule has 0 aliphatic heterocycles. The van der Waals surface area contributed by atoms with Gasteiger partial charge in [-0.3, -0.25) is 0 Å². The zero-order chi connectivity index (χ0) is 18.2. The number of ether oxygens (including phenoxy) is 2. The minimum atomic E-state index is -0.351. The SMILES string of the molecule is CCOc1ccc(CCNC(=O)Nc2cc(Cl)nc(Cl)c2)cc1OC. The van der Waals surface area contributed by atoms with E-state index in [1.54, 1.807) is 7.11 Å². The van der Waals surface area contributed by atoms with Crippen LogP contribution in [0.3, 0.4) is 0 Å². The summed E-state index contributed by atoms with van der Waals surface area (Å²) in [4.78, 5) is 15.7. The van der Waals surface area contributed by atoms with Crippen molar-refractivity contribution in [3.63, 3.8) is 0 Å². The molecule has 0 bridgehead atoms. The Kier molecular flexibility index (Phi) is 7.16. The van der Waals surface area contributed by atoms with Crippen LogP contribution in [0.2, 0.25) is 10.3 Å². The van der Waals surface area contributed by atoms with Gasteiger partial charge in [0.05, 0.1) is 13.7 Å². The number of carbonyl (C=O) groups excluding carboxylic acids is 1. The summed E-state index contributed by atoms with van der Waals surface area (Å²) >= 11 is 11.6. The number of methoxy groups -OCH3 is 1. The molecule has 1 heterocycles. The monoisotopic (exact) mass is 383 g/mol. The van der Waals surface area contributed by atoms with Gasteiger partial charge in [0.15, 0.2) is 11.5 Å². The molecule has 8 heteroatoms. The van der Waals surface area contributed by atoms with Gasteiger partial charge < -0.3 is 20.1 Å². The number of anilines is 1. The maximum Gasteiger partial charge on any atom is 0.319 e. The molecule has 0 radical (unpaired) electrons. The van der Waals surface area contributed by atoms with E-state index in [9.17, 15) is 4.79 Å². The van der Waals surface area contributed by atoms with E-state index < -0.39 is 0 Å². The second-order valence-electron chi connectivity index (χ2n) is 5.05. The average Bonchev–Trinajstić information content (AvgIpc) is 2.55. The van der Waals surface area contributed by atoms with E-state index in [2.05, 4.69) is 15.6 Å². The standard InChI is InChI=1S/C17H19Cl2N3O3/c1-3-25-13-5-4-11(8-14(13)24-2)6-7-20-17(23)21-12-9-15(18)22-16(19)10-12/h4-5,8-10H,3,6-7H2,1-2H3,(H2,20,21,22,23). The number of carbonyl (C=O) groups is 1. The molecule has 1 aromatic carbocycles. The van der Waals surface area contributed by atoms with Crippen LogP contribution >= 0.6 is 23.2 Å². The van der Waals surface area contributed by atoms with E-state index in [0.29, 0.717) is 36.8 Å². The lowest BCUT2D eigenvalue weighted by Crippen LogP contribution is -2.30. The number of nitrogens with one attached hydrogen (secondary N) is 2. The van der Waals surface area contributed by atoms with Crippen LogP contribution in [0.25, 0.3) is 0 Å². The molecule has 134 valence electrons. The van der Waals surface area contributed by atoms with Gasteiger partial charge in [0, 0.05) is 12.2 Å². The van der Waals surface area contributed by atoms with Gasteiger partial charge in [0.1, 0.15) is 10.3 Å². The van der Waals surface area contributed by atoms with Crippen LogP contribution in [0.4, 0.5) is 10.5 Å². The highest BCUT2D eigenvalue weighted by atomic mass is 35.5. The highest BCUT2D eigenvalue weighted by Gasteiger charge is 2.07. The van der Waals surface area contributed by atoms with Crippen LogP contribution in [0.1, 0.15) is 12.5 Å². The molecule has 6 nitrogen and oxygen atoms in total. The van der Waals surface area contributed by atoms with Crippen LogP contribution in [0.15, 0.2) is 30.3 Å². The Labute approximate surface area is 156 Å². The van der Waals surface area contributed by atoms with Gasteiger partial charge in [-0.05, 0) is 43.2 Å². The first kappa shape index (κ1) is 19.1. The molecule has 2 amide bonds. The molecule has 0 aliphatic rings. The zero-order valence-electron chi connectivity index (χ0n) is 13.9. The molecule has 25 heavy (non-hydrogen) atoms. The van der Waals surface area contributed by atoms with Gasteiger partial charge in [-0.25, -0.2) is 9.78 Å². The Morgan fingerprint density at radius 2 is 1.88 bits per heavy atom. The van der Waals surface area contributed by atoms with Crippen LogP contribution in [-0.2, 0) is 6.42 Å². The summed E-state index contributed by atoms with van der Waals surface area (Å²) in [6, 6.07) is 8.38. The number of aromatic nitrogens is 1. The molecular weight excluding hydrogens is 365 g/mol. The highest BCUT2D eigenvalue weighted by Crippen LogP contribution is 2.28. The van der Waals surface area contributed by atoms with Crippen molar-refractivity contribution in [2.24, 2.45) is 0 Å². The summed E-state index contributed by atoms with van der Waals surface area (Å²) in [6.45, 7) is 2.94. The quantitative estimate of drug-likeness (QED) is 0.704. The molecular formula is C17H19Cl2N3O3. The van der Waals surface area contributed by atoms with Crippen LogP contribution in [0.5, 0.6) is 11.5 Å². The van der Waals surface area contributed by atoms with E-state index in [1.807, 2.05) is 25.1 Å². The molecule has 2 rings (SSSR count). The Morgan fingerprint density at radius 1 is 1.16 bits per heavy atom. The first-order valence-corrected chi connectivity index (χ1v) is 8.45. The molecule has 0 saturated heterocycles. The molecule has 0 unspecified atom stereocenters. The molecule has 0 saturated carbocycles.